The molecule has 1 heterocycles. The van der Waals surface area contributed by atoms with Crippen molar-refractivity contribution in [3.63, 3.8) is 0 Å². The first kappa shape index (κ1) is 21.7. The van der Waals surface area contributed by atoms with Crippen molar-refractivity contribution >= 4 is 5.91 Å². The van der Waals surface area contributed by atoms with Crippen molar-refractivity contribution in [2.24, 2.45) is 0 Å². The molecule has 1 aliphatic carbocycles. The Kier molecular flexibility index (Phi) is 5.97. The standard InChI is InChI=1S/C24H27F3N2O2/c1-31-20-16-18(24(25,26)27)10-11-19(20)22(30)28-21(17-8-3-2-4-9-17)23(12-7-13-23)29-14-5-6-15-29/h2-4,8-11,16,21H,5-7,12-15H2,1H3,(H,28,30). The van der Waals surface area contributed by atoms with Crippen LogP contribution in [0.5, 0.6) is 5.75 Å². The molecule has 2 aromatic rings. The van der Waals surface area contributed by atoms with E-state index < -0.39 is 17.6 Å². The number of hydrogen-bond donors (Lipinski definition) is 1. The summed E-state index contributed by atoms with van der Waals surface area (Å²) in [5.74, 6) is -0.507. The SMILES string of the molecule is COc1cc(C(F)(F)F)ccc1C(=O)NC(c1ccccc1)C1(N2CCCC2)CCC1. The van der Waals surface area contributed by atoms with Gasteiger partial charge in [-0.3, -0.25) is 9.69 Å². The highest BCUT2D eigenvalue weighted by atomic mass is 19.4. The highest BCUT2D eigenvalue weighted by molar-refractivity contribution is 5.97. The number of benzene rings is 2. The molecule has 2 aliphatic rings. The summed E-state index contributed by atoms with van der Waals surface area (Å²) in [5.41, 5.74) is 0.112. The quantitative estimate of drug-likeness (QED) is 0.682. The molecule has 1 saturated carbocycles. The Morgan fingerprint density at radius 2 is 1.74 bits per heavy atom. The van der Waals surface area contributed by atoms with Crippen LogP contribution in [0.4, 0.5) is 13.2 Å². The highest BCUT2D eigenvalue weighted by Crippen LogP contribution is 2.48. The molecule has 31 heavy (non-hydrogen) atoms. The molecule has 0 bridgehead atoms. The minimum Gasteiger partial charge on any atom is -0.496 e. The van der Waals surface area contributed by atoms with Crippen LogP contribution in [0.15, 0.2) is 48.5 Å². The van der Waals surface area contributed by atoms with Gasteiger partial charge in [0.1, 0.15) is 5.75 Å². The lowest BCUT2D eigenvalue weighted by Gasteiger charge is -2.54. The van der Waals surface area contributed by atoms with Gasteiger partial charge in [0.2, 0.25) is 0 Å². The molecule has 2 fully saturated rings. The molecule has 1 atom stereocenters. The van der Waals surface area contributed by atoms with Crippen LogP contribution in [0.25, 0.3) is 0 Å². The minimum absolute atomic E-state index is 0.0806. The molecule has 4 nitrogen and oxygen atoms in total. The molecule has 0 aromatic heterocycles. The number of nitrogens with zero attached hydrogens (tertiary/aromatic N) is 1. The maximum absolute atomic E-state index is 13.3. The Morgan fingerprint density at radius 1 is 1.06 bits per heavy atom. The molecule has 0 radical (unpaired) electrons. The average Bonchev–Trinajstić information content (AvgIpc) is 3.26. The van der Waals surface area contributed by atoms with Gasteiger partial charge in [0.05, 0.1) is 24.3 Å². The van der Waals surface area contributed by atoms with E-state index >= 15 is 0 Å². The highest BCUT2D eigenvalue weighted by Gasteiger charge is 2.50. The number of carbonyl (C=O) groups is 1. The van der Waals surface area contributed by atoms with E-state index in [0.717, 1.165) is 62.9 Å². The van der Waals surface area contributed by atoms with E-state index in [4.69, 9.17) is 4.74 Å². The largest absolute Gasteiger partial charge is 0.496 e. The predicted octanol–water partition coefficient (Wildman–Crippen LogP) is 5.20. The van der Waals surface area contributed by atoms with Gasteiger partial charge in [-0.2, -0.15) is 13.2 Å². The molecule has 166 valence electrons. The van der Waals surface area contributed by atoms with Gasteiger partial charge in [-0.15, -0.1) is 0 Å². The fraction of sp³-hybridized carbons (Fsp3) is 0.458. The first-order valence-corrected chi connectivity index (χ1v) is 10.7. The van der Waals surface area contributed by atoms with Crippen LogP contribution in [0.2, 0.25) is 0 Å². The fourth-order valence-corrected chi connectivity index (χ4v) is 4.93. The summed E-state index contributed by atoms with van der Waals surface area (Å²) in [6.45, 7) is 2.01. The van der Waals surface area contributed by atoms with Crippen LogP contribution in [-0.4, -0.2) is 36.5 Å². The van der Waals surface area contributed by atoms with Gasteiger partial charge in [0, 0.05) is 5.54 Å². The van der Waals surface area contributed by atoms with Crippen LogP contribution in [0.1, 0.15) is 59.6 Å². The van der Waals surface area contributed by atoms with Gasteiger partial charge >= 0.3 is 6.18 Å². The van der Waals surface area contributed by atoms with E-state index in [1.54, 1.807) is 0 Å². The second-order valence-corrected chi connectivity index (χ2v) is 8.38. The van der Waals surface area contributed by atoms with E-state index in [0.29, 0.717) is 0 Å². The summed E-state index contributed by atoms with van der Waals surface area (Å²) in [5, 5.41) is 3.16. The molecule has 2 aromatic carbocycles. The summed E-state index contributed by atoms with van der Waals surface area (Å²) in [6, 6.07) is 12.6. The third kappa shape index (κ3) is 4.15. The molecule has 1 saturated heterocycles. The maximum Gasteiger partial charge on any atom is 0.416 e. The van der Waals surface area contributed by atoms with Crippen molar-refractivity contribution in [3.8, 4) is 5.75 Å². The van der Waals surface area contributed by atoms with Crippen molar-refractivity contribution in [3.05, 3.63) is 65.2 Å². The van der Waals surface area contributed by atoms with Crippen LogP contribution in [0.3, 0.4) is 0 Å². The van der Waals surface area contributed by atoms with Crippen LogP contribution in [0, 0.1) is 0 Å². The molecular weight excluding hydrogens is 405 g/mol. The number of halogens is 3. The van der Waals surface area contributed by atoms with Gasteiger partial charge in [-0.1, -0.05) is 30.3 Å². The number of methoxy groups -OCH3 is 1. The van der Waals surface area contributed by atoms with Gasteiger partial charge in [-0.25, -0.2) is 0 Å². The molecule has 1 aliphatic heterocycles. The minimum atomic E-state index is -4.50. The molecule has 1 N–H and O–H groups in total. The Labute approximate surface area is 180 Å². The Hall–Kier alpha value is -2.54. The van der Waals surface area contributed by atoms with Gasteiger partial charge in [-0.05, 0) is 69.0 Å². The lowest BCUT2D eigenvalue weighted by Crippen LogP contribution is -2.60. The number of nitrogens with one attached hydrogen (secondary N) is 1. The topological polar surface area (TPSA) is 41.6 Å². The fourth-order valence-electron chi connectivity index (χ4n) is 4.93. The molecular formula is C24H27F3N2O2. The summed E-state index contributed by atoms with van der Waals surface area (Å²) >= 11 is 0. The van der Waals surface area contributed by atoms with Gasteiger partial charge in [0.25, 0.3) is 5.91 Å². The number of alkyl halides is 3. The number of amides is 1. The van der Waals surface area contributed by atoms with Crippen molar-refractivity contribution in [2.75, 3.05) is 20.2 Å². The molecule has 4 rings (SSSR count). The van der Waals surface area contributed by atoms with Crippen molar-refractivity contribution in [1.82, 2.24) is 10.2 Å². The van der Waals surface area contributed by atoms with Crippen molar-refractivity contribution < 1.29 is 22.7 Å². The van der Waals surface area contributed by atoms with Crippen molar-refractivity contribution in [1.29, 1.82) is 0 Å². The summed E-state index contributed by atoms with van der Waals surface area (Å²) in [7, 11) is 1.28. The summed E-state index contributed by atoms with van der Waals surface area (Å²) in [4.78, 5) is 15.8. The van der Waals surface area contributed by atoms with E-state index in [1.807, 2.05) is 30.3 Å². The maximum atomic E-state index is 13.3. The second-order valence-electron chi connectivity index (χ2n) is 8.38. The summed E-state index contributed by atoms with van der Waals surface area (Å²) < 4.78 is 44.4. The first-order valence-electron chi connectivity index (χ1n) is 10.7. The number of ether oxygens (including phenoxy) is 1. The number of carbonyl (C=O) groups excluding carboxylic acids is 1. The van der Waals surface area contributed by atoms with E-state index in [2.05, 4.69) is 10.2 Å². The third-order valence-corrected chi connectivity index (χ3v) is 6.67. The lowest BCUT2D eigenvalue weighted by atomic mass is 9.68. The normalized spacial score (nSPS) is 19.5. The number of hydrogen-bond acceptors (Lipinski definition) is 3. The molecule has 7 heteroatoms. The first-order chi connectivity index (χ1) is 14.8. The average molecular weight is 432 g/mol. The zero-order valence-corrected chi connectivity index (χ0v) is 17.5. The Bertz CT molecular complexity index is 920. The predicted molar refractivity (Wildman–Crippen MR) is 112 cm³/mol. The lowest BCUT2D eigenvalue weighted by molar-refractivity contribution is -0.137. The summed E-state index contributed by atoms with van der Waals surface area (Å²) in [6.07, 6.45) is 0.849. The number of likely N-dealkylation sites (tertiary alicyclic amines) is 1. The van der Waals surface area contributed by atoms with Crippen LogP contribution >= 0.6 is 0 Å². The monoisotopic (exact) mass is 432 g/mol. The molecule has 1 unspecified atom stereocenters. The van der Waals surface area contributed by atoms with Gasteiger partial charge < -0.3 is 10.1 Å². The van der Waals surface area contributed by atoms with E-state index in [-0.39, 0.29) is 22.9 Å². The zero-order valence-electron chi connectivity index (χ0n) is 17.5. The van der Waals surface area contributed by atoms with Crippen molar-refractivity contribution in [2.45, 2.75) is 49.9 Å². The molecule has 0 spiro atoms. The van der Waals surface area contributed by atoms with E-state index in [9.17, 15) is 18.0 Å². The van der Waals surface area contributed by atoms with E-state index in [1.165, 1.54) is 13.2 Å². The molecule has 1 amide bonds. The second kappa shape index (κ2) is 8.54. The number of rotatable bonds is 6. The Morgan fingerprint density at radius 3 is 2.29 bits per heavy atom. The van der Waals surface area contributed by atoms with Gasteiger partial charge in [0.15, 0.2) is 0 Å². The van der Waals surface area contributed by atoms with Crippen LogP contribution < -0.4 is 10.1 Å². The Balaban J connectivity index is 1.67. The van der Waals surface area contributed by atoms with Crippen LogP contribution in [-0.2, 0) is 6.18 Å². The smallest absolute Gasteiger partial charge is 0.416 e. The zero-order chi connectivity index (χ0) is 22.1. The third-order valence-electron chi connectivity index (χ3n) is 6.67.